The summed E-state index contributed by atoms with van der Waals surface area (Å²) < 4.78 is 5.51. The molecule has 1 aromatic rings. The van der Waals surface area contributed by atoms with E-state index >= 15 is 0 Å². The van der Waals surface area contributed by atoms with Gasteiger partial charge in [-0.15, -0.1) is 11.3 Å². The van der Waals surface area contributed by atoms with Gasteiger partial charge in [0.05, 0.1) is 11.6 Å². The predicted octanol–water partition coefficient (Wildman–Crippen LogP) is 2.55. The van der Waals surface area contributed by atoms with Gasteiger partial charge in [0.1, 0.15) is 0 Å². The van der Waals surface area contributed by atoms with Crippen LogP contribution in [-0.4, -0.2) is 11.0 Å². The Kier molecular flexibility index (Phi) is 3.12. The highest BCUT2D eigenvalue weighted by atomic mass is 32.1. The largest absolute Gasteiger partial charge is 0.453 e. The Hall–Kier alpha value is -1.10. The van der Waals surface area contributed by atoms with Crippen molar-refractivity contribution >= 4 is 22.4 Å². The molecule has 2 heterocycles. The van der Waals surface area contributed by atoms with Gasteiger partial charge in [-0.05, 0) is 19.3 Å². The van der Waals surface area contributed by atoms with Gasteiger partial charge in [0, 0.05) is 11.8 Å². The highest BCUT2D eigenvalue weighted by molar-refractivity contribution is 7.13. The third kappa shape index (κ3) is 2.44. The summed E-state index contributed by atoms with van der Waals surface area (Å²) in [6.07, 6.45) is 1.57. The molecule has 2 atom stereocenters. The third-order valence-electron chi connectivity index (χ3n) is 3.11. The lowest BCUT2D eigenvalue weighted by molar-refractivity contribution is -0.150. The number of nitrogen functional groups attached to an aromatic ring is 1. The van der Waals surface area contributed by atoms with E-state index in [0.717, 1.165) is 12.1 Å². The number of esters is 1. The molecule has 0 aliphatic carbocycles. The monoisotopic (exact) mass is 254 g/mol. The van der Waals surface area contributed by atoms with Crippen molar-refractivity contribution in [2.75, 3.05) is 5.73 Å². The molecule has 0 bridgehead atoms. The smallest absolute Gasteiger partial charge is 0.310 e. The number of hydrogen-bond donors (Lipinski definition) is 1. The van der Waals surface area contributed by atoms with E-state index in [1.807, 2.05) is 12.3 Å². The lowest BCUT2D eigenvalue weighted by Crippen LogP contribution is -2.21. The lowest BCUT2D eigenvalue weighted by Gasteiger charge is -2.19. The summed E-state index contributed by atoms with van der Waals surface area (Å²) >= 11 is 1.38. The second-order valence-electron chi connectivity index (χ2n) is 5.25. The zero-order chi connectivity index (χ0) is 12.6. The average Bonchev–Trinajstić information content (AvgIpc) is 2.73. The lowest BCUT2D eigenvalue weighted by atomic mass is 9.88. The van der Waals surface area contributed by atoms with Gasteiger partial charge in [0.2, 0.25) is 0 Å². The predicted molar refractivity (Wildman–Crippen MR) is 67.5 cm³/mol. The van der Waals surface area contributed by atoms with Crippen molar-refractivity contribution in [3.63, 3.8) is 0 Å². The molecule has 2 rings (SSSR count). The molecular formula is C12H18N2O2S. The van der Waals surface area contributed by atoms with Crippen molar-refractivity contribution in [3.8, 4) is 0 Å². The molecular weight excluding hydrogens is 236 g/mol. The number of nitrogens with two attached hydrogens (primary N) is 1. The van der Waals surface area contributed by atoms with Gasteiger partial charge >= 0.3 is 5.97 Å². The number of cyclic esters (lactones) is 1. The molecule has 0 radical (unpaired) electrons. The molecule has 0 aromatic carbocycles. The molecule has 0 amide bonds. The summed E-state index contributed by atoms with van der Waals surface area (Å²) in [5, 5.41) is 2.39. The molecule has 1 fully saturated rings. The maximum atomic E-state index is 11.8. The molecule has 2 unspecified atom stereocenters. The molecule has 94 valence electrons. The normalized spacial score (nSPS) is 28.7. The second kappa shape index (κ2) is 4.29. The fourth-order valence-electron chi connectivity index (χ4n) is 2.34. The van der Waals surface area contributed by atoms with Crippen LogP contribution in [0.3, 0.4) is 0 Å². The quantitative estimate of drug-likeness (QED) is 0.842. The zero-order valence-corrected chi connectivity index (χ0v) is 11.2. The molecule has 4 nitrogen and oxygen atoms in total. The van der Waals surface area contributed by atoms with Crippen LogP contribution in [0.1, 0.15) is 39.3 Å². The van der Waals surface area contributed by atoms with Gasteiger partial charge in [-0.1, -0.05) is 13.8 Å². The van der Waals surface area contributed by atoms with Crippen molar-refractivity contribution in [3.05, 3.63) is 11.1 Å². The van der Waals surface area contributed by atoms with Crippen LogP contribution in [0.5, 0.6) is 0 Å². The Morgan fingerprint density at radius 2 is 2.41 bits per heavy atom. The standard InChI is InChI=1S/C12H18N2O2S/c1-7(2)4-8-5-12(3,16-10(8)15)9-6-17-11(13)14-9/h6-8H,4-5H2,1-3H3,(H2,13,14). The Morgan fingerprint density at radius 1 is 1.71 bits per heavy atom. The third-order valence-corrected chi connectivity index (χ3v) is 3.79. The van der Waals surface area contributed by atoms with Crippen LogP contribution in [0.4, 0.5) is 5.13 Å². The van der Waals surface area contributed by atoms with Crippen molar-refractivity contribution in [2.45, 2.75) is 39.2 Å². The number of carbonyl (C=O) groups is 1. The molecule has 0 saturated carbocycles. The van der Waals surface area contributed by atoms with Crippen LogP contribution in [-0.2, 0) is 15.1 Å². The summed E-state index contributed by atoms with van der Waals surface area (Å²) in [4.78, 5) is 16.1. The fourth-order valence-corrected chi connectivity index (χ4v) is 3.02. The number of carbonyl (C=O) groups excluding carboxylic acids is 1. The molecule has 1 saturated heterocycles. The van der Waals surface area contributed by atoms with E-state index in [0.29, 0.717) is 17.5 Å². The summed E-state index contributed by atoms with van der Waals surface area (Å²) in [6.45, 7) is 6.15. The number of aromatic nitrogens is 1. The van der Waals surface area contributed by atoms with Gasteiger partial charge in [-0.25, -0.2) is 4.98 Å². The maximum absolute atomic E-state index is 11.8. The molecule has 0 spiro atoms. The average molecular weight is 254 g/mol. The molecule has 5 heteroatoms. The van der Waals surface area contributed by atoms with E-state index in [9.17, 15) is 4.79 Å². The van der Waals surface area contributed by atoms with Crippen LogP contribution in [0.2, 0.25) is 0 Å². The Labute approximate surface area is 105 Å². The van der Waals surface area contributed by atoms with Crippen LogP contribution in [0.15, 0.2) is 5.38 Å². The minimum atomic E-state index is -0.592. The van der Waals surface area contributed by atoms with E-state index in [1.54, 1.807) is 0 Å². The van der Waals surface area contributed by atoms with Crippen LogP contribution < -0.4 is 5.73 Å². The minimum Gasteiger partial charge on any atom is -0.453 e. The summed E-state index contributed by atoms with van der Waals surface area (Å²) in [7, 11) is 0. The summed E-state index contributed by atoms with van der Waals surface area (Å²) in [6, 6.07) is 0. The Morgan fingerprint density at radius 3 is 2.94 bits per heavy atom. The van der Waals surface area contributed by atoms with Gasteiger partial charge < -0.3 is 10.5 Å². The Bertz CT molecular complexity index is 430. The van der Waals surface area contributed by atoms with Gasteiger partial charge in [-0.2, -0.15) is 0 Å². The topological polar surface area (TPSA) is 65.2 Å². The van der Waals surface area contributed by atoms with Crippen LogP contribution in [0, 0.1) is 11.8 Å². The Balaban J connectivity index is 2.16. The summed E-state index contributed by atoms with van der Waals surface area (Å²) in [5.74, 6) is 0.381. The van der Waals surface area contributed by atoms with Gasteiger partial charge in [0.25, 0.3) is 0 Å². The van der Waals surface area contributed by atoms with Crippen molar-refractivity contribution in [1.82, 2.24) is 4.98 Å². The highest BCUT2D eigenvalue weighted by Gasteiger charge is 2.45. The van der Waals surface area contributed by atoms with Crippen LogP contribution in [0.25, 0.3) is 0 Å². The molecule has 2 N–H and O–H groups in total. The first-order valence-electron chi connectivity index (χ1n) is 5.85. The fraction of sp³-hybridized carbons (Fsp3) is 0.667. The van der Waals surface area contributed by atoms with E-state index in [2.05, 4.69) is 18.8 Å². The summed E-state index contributed by atoms with van der Waals surface area (Å²) in [5.41, 5.74) is 5.81. The minimum absolute atomic E-state index is 0.0112. The number of nitrogens with zero attached hydrogens (tertiary/aromatic N) is 1. The highest BCUT2D eigenvalue weighted by Crippen LogP contribution is 2.42. The number of anilines is 1. The number of ether oxygens (including phenoxy) is 1. The van der Waals surface area contributed by atoms with Crippen molar-refractivity contribution in [2.24, 2.45) is 11.8 Å². The van der Waals surface area contributed by atoms with Crippen LogP contribution >= 0.6 is 11.3 Å². The van der Waals surface area contributed by atoms with E-state index in [1.165, 1.54) is 11.3 Å². The van der Waals surface area contributed by atoms with Gasteiger partial charge in [0.15, 0.2) is 10.7 Å². The second-order valence-corrected chi connectivity index (χ2v) is 6.14. The first kappa shape index (κ1) is 12.4. The molecule has 1 aromatic heterocycles. The number of thiazole rings is 1. The molecule has 1 aliphatic heterocycles. The number of rotatable bonds is 3. The first-order chi connectivity index (χ1) is 7.90. The zero-order valence-electron chi connectivity index (χ0n) is 10.4. The van der Waals surface area contributed by atoms with E-state index < -0.39 is 5.60 Å². The molecule has 1 aliphatic rings. The number of hydrogen-bond acceptors (Lipinski definition) is 5. The van der Waals surface area contributed by atoms with E-state index in [-0.39, 0.29) is 11.9 Å². The van der Waals surface area contributed by atoms with Crippen molar-refractivity contribution in [1.29, 1.82) is 0 Å². The maximum Gasteiger partial charge on any atom is 0.310 e. The molecule has 17 heavy (non-hydrogen) atoms. The first-order valence-corrected chi connectivity index (χ1v) is 6.73. The SMILES string of the molecule is CC(C)CC1CC(C)(c2csc(N)n2)OC1=O. The van der Waals surface area contributed by atoms with E-state index in [4.69, 9.17) is 10.5 Å². The van der Waals surface area contributed by atoms with Gasteiger partial charge in [-0.3, -0.25) is 4.79 Å². The van der Waals surface area contributed by atoms with Crippen molar-refractivity contribution < 1.29 is 9.53 Å².